The van der Waals surface area contributed by atoms with E-state index in [1.165, 1.54) is 15.9 Å². The van der Waals surface area contributed by atoms with E-state index in [9.17, 15) is 9.59 Å². The number of aromatic amines is 1. The molecule has 5 nitrogen and oxygen atoms in total. The highest BCUT2D eigenvalue weighted by molar-refractivity contribution is 7.18. The molecule has 0 aliphatic rings. The first-order valence-electron chi connectivity index (χ1n) is 5.91. The molecule has 2 aromatic heterocycles. The lowest BCUT2D eigenvalue weighted by atomic mass is 10.2. The number of ether oxygens (including phenoxy) is 1. The minimum Gasteiger partial charge on any atom is -0.383 e. The van der Waals surface area contributed by atoms with Gasteiger partial charge in [-0.05, 0) is 12.5 Å². The Hall–Kier alpha value is -1.40. The molecule has 6 heteroatoms. The van der Waals surface area contributed by atoms with Gasteiger partial charge < -0.3 is 4.74 Å². The van der Waals surface area contributed by atoms with Crippen molar-refractivity contribution in [3.05, 3.63) is 31.8 Å². The summed E-state index contributed by atoms with van der Waals surface area (Å²) < 4.78 is 6.09. The average Bonchev–Trinajstić information content (AvgIpc) is 2.72. The Labute approximate surface area is 108 Å². The summed E-state index contributed by atoms with van der Waals surface area (Å²) in [5, 5.41) is 0.596. The van der Waals surface area contributed by atoms with Crippen molar-refractivity contribution in [3.63, 3.8) is 0 Å². The number of rotatable bonds is 5. The zero-order valence-electron chi connectivity index (χ0n) is 10.5. The molecule has 0 radical (unpaired) electrons. The molecular formula is C12H16N2O3S. The van der Waals surface area contributed by atoms with Crippen LogP contribution in [0.3, 0.4) is 0 Å². The maximum Gasteiger partial charge on any atom is 0.329 e. The summed E-state index contributed by atoms with van der Waals surface area (Å²) in [5.41, 5.74) is -0.598. The highest BCUT2D eigenvalue weighted by atomic mass is 32.1. The van der Waals surface area contributed by atoms with Crippen LogP contribution in [0, 0.1) is 0 Å². The molecule has 18 heavy (non-hydrogen) atoms. The van der Waals surface area contributed by atoms with Gasteiger partial charge in [0.1, 0.15) is 4.83 Å². The van der Waals surface area contributed by atoms with Crippen LogP contribution in [-0.4, -0.2) is 23.3 Å². The molecule has 2 rings (SSSR count). The topological polar surface area (TPSA) is 64.1 Å². The SMILES string of the molecule is CCCc1cc2c(=O)n(CCOC)c(=O)[nH]c2s1. The van der Waals surface area contributed by atoms with Gasteiger partial charge in [0.05, 0.1) is 18.5 Å². The number of aryl methyl sites for hydroxylation is 1. The molecule has 2 aromatic rings. The second-order valence-electron chi connectivity index (χ2n) is 4.09. The number of H-pyrrole nitrogens is 1. The van der Waals surface area contributed by atoms with E-state index in [0.29, 0.717) is 16.8 Å². The highest BCUT2D eigenvalue weighted by Crippen LogP contribution is 2.21. The van der Waals surface area contributed by atoms with Gasteiger partial charge in [0.15, 0.2) is 0 Å². The molecule has 0 spiro atoms. The van der Waals surface area contributed by atoms with E-state index >= 15 is 0 Å². The summed E-state index contributed by atoms with van der Waals surface area (Å²) in [6.07, 6.45) is 1.95. The molecule has 0 saturated carbocycles. The largest absolute Gasteiger partial charge is 0.383 e. The summed E-state index contributed by atoms with van der Waals surface area (Å²) in [5.74, 6) is 0. The second kappa shape index (κ2) is 5.49. The van der Waals surface area contributed by atoms with Gasteiger partial charge in [-0.3, -0.25) is 14.3 Å². The zero-order chi connectivity index (χ0) is 13.1. The summed E-state index contributed by atoms with van der Waals surface area (Å²) in [4.78, 5) is 28.5. The van der Waals surface area contributed by atoms with Crippen molar-refractivity contribution in [2.75, 3.05) is 13.7 Å². The zero-order valence-corrected chi connectivity index (χ0v) is 11.3. The van der Waals surface area contributed by atoms with Crippen molar-refractivity contribution in [1.29, 1.82) is 0 Å². The Morgan fingerprint density at radius 1 is 1.44 bits per heavy atom. The third kappa shape index (κ3) is 2.39. The fourth-order valence-electron chi connectivity index (χ4n) is 1.85. The van der Waals surface area contributed by atoms with Crippen molar-refractivity contribution in [2.45, 2.75) is 26.3 Å². The number of hydrogen-bond donors (Lipinski definition) is 1. The van der Waals surface area contributed by atoms with Gasteiger partial charge >= 0.3 is 5.69 Å². The third-order valence-electron chi connectivity index (χ3n) is 2.74. The Kier molecular flexibility index (Phi) is 3.98. The first-order chi connectivity index (χ1) is 8.67. The van der Waals surface area contributed by atoms with Crippen LogP contribution in [0.15, 0.2) is 15.7 Å². The molecule has 0 fully saturated rings. The van der Waals surface area contributed by atoms with E-state index in [1.807, 2.05) is 6.07 Å². The van der Waals surface area contributed by atoms with Gasteiger partial charge in [0.25, 0.3) is 5.56 Å². The summed E-state index contributed by atoms with van der Waals surface area (Å²) in [7, 11) is 1.54. The Balaban J connectivity index is 2.54. The fourth-order valence-corrected chi connectivity index (χ4v) is 2.99. The summed E-state index contributed by atoms with van der Waals surface area (Å²) in [6, 6.07) is 1.88. The lowest BCUT2D eigenvalue weighted by Gasteiger charge is -2.02. The highest BCUT2D eigenvalue weighted by Gasteiger charge is 2.10. The van der Waals surface area contributed by atoms with Crippen molar-refractivity contribution in [2.24, 2.45) is 0 Å². The molecule has 0 aromatic carbocycles. The first-order valence-corrected chi connectivity index (χ1v) is 6.73. The maximum atomic E-state index is 12.2. The van der Waals surface area contributed by atoms with Crippen LogP contribution in [0.2, 0.25) is 0 Å². The van der Waals surface area contributed by atoms with Gasteiger partial charge in [0, 0.05) is 12.0 Å². The molecule has 0 atom stereocenters. The molecule has 0 unspecified atom stereocenters. The predicted molar refractivity (Wildman–Crippen MR) is 72.6 cm³/mol. The van der Waals surface area contributed by atoms with Crippen LogP contribution < -0.4 is 11.2 Å². The summed E-state index contributed by atoms with van der Waals surface area (Å²) >= 11 is 1.48. The smallest absolute Gasteiger partial charge is 0.329 e. The minimum absolute atomic E-state index is 0.232. The fraction of sp³-hybridized carbons (Fsp3) is 0.500. The van der Waals surface area contributed by atoms with E-state index in [4.69, 9.17) is 4.74 Å². The molecule has 0 aliphatic carbocycles. The van der Waals surface area contributed by atoms with Gasteiger partial charge in [-0.1, -0.05) is 13.3 Å². The van der Waals surface area contributed by atoms with Crippen molar-refractivity contribution in [1.82, 2.24) is 9.55 Å². The van der Waals surface area contributed by atoms with Crippen LogP contribution in [0.25, 0.3) is 10.2 Å². The van der Waals surface area contributed by atoms with Crippen LogP contribution in [0.5, 0.6) is 0 Å². The van der Waals surface area contributed by atoms with Crippen molar-refractivity contribution >= 4 is 21.6 Å². The molecule has 0 bridgehead atoms. The molecule has 2 heterocycles. The van der Waals surface area contributed by atoms with Crippen LogP contribution in [0.4, 0.5) is 0 Å². The van der Waals surface area contributed by atoms with Gasteiger partial charge in [-0.25, -0.2) is 4.79 Å². The van der Waals surface area contributed by atoms with Gasteiger partial charge in [-0.2, -0.15) is 0 Å². The third-order valence-corrected chi connectivity index (χ3v) is 3.85. The molecule has 0 saturated heterocycles. The quantitative estimate of drug-likeness (QED) is 0.890. The standard InChI is InChI=1S/C12H16N2O3S/c1-3-4-8-7-9-10(18-8)13-12(16)14(11(9)15)5-6-17-2/h7H,3-6H2,1-2H3,(H,13,16). The van der Waals surface area contributed by atoms with E-state index in [0.717, 1.165) is 17.7 Å². The minimum atomic E-state index is -0.366. The van der Waals surface area contributed by atoms with E-state index < -0.39 is 0 Å². The van der Waals surface area contributed by atoms with E-state index in [-0.39, 0.29) is 17.8 Å². The van der Waals surface area contributed by atoms with E-state index in [2.05, 4.69) is 11.9 Å². The number of fused-ring (bicyclic) bond motifs is 1. The first kappa shape index (κ1) is 13.0. The Morgan fingerprint density at radius 3 is 2.89 bits per heavy atom. The number of thiophene rings is 1. The van der Waals surface area contributed by atoms with Gasteiger partial charge in [0.2, 0.25) is 0 Å². The van der Waals surface area contributed by atoms with Crippen LogP contribution in [0.1, 0.15) is 18.2 Å². The Bertz CT molecular complexity index is 653. The predicted octanol–water partition coefficient (Wildman–Crippen LogP) is 1.35. The molecule has 0 aliphatic heterocycles. The lowest BCUT2D eigenvalue weighted by Crippen LogP contribution is -2.35. The number of aromatic nitrogens is 2. The normalized spacial score (nSPS) is 11.2. The molecule has 98 valence electrons. The maximum absolute atomic E-state index is 12.2. The van der Waals surface area contributed by atoms with Crippen molar-refractivity contribution < 1.29 is 4.74 Å². The number of nitrogens with zero attached hydrogens (tertiary/aromatic N) is 1. The Morgan fingerprint density at radius 2 is 2.22 bits per heavy atom. The lowest BCUT2D eigenvalue weighted by molar-refractivity contribution is 0.185. The van der Waals surface area contributed by atoms with E-state index in [1.54, 1.807) is 7.11 Å². The monoisotopic (exact) mass is 268 g/mol. The molecule has 0 amide bonds. The number of hydrogen-bond acceptors (Lipinski definition) is 4. The van der Waals surface area contributed by atoms with Gasteiger partial charge in [-0.15, -0.1) is 11.3 Å². The average molecular weight is 268 g/mol. The van der Waals surface area contributed by atoms with Crippen molar-refractivity contribution in [3.8, 4) is 0 Å². The number of methoxy groups -OCH3 is 1. The molecule has 1 N–H and O–H groups in total. The second-order valence-corrected chi connectivity index (χ2v) is 5.22. The molecular weight excluding hydrogens is 252 g/mol. The summed E-state index contributed by atoms with van der Waals surface area (Å²) in [6.45, 7) is 2.71. The van der Waals surface area contributed by atoms with Crippen LogP contribution in [-0.2, 0) is 17.7 Å². The van der Waals surface area contributed by atoms with Crippen LogP contribution >= 0.6 is 11.3 Å². The number of nitrogens with one attached hydrogen (secondary N) is 1.